The van der Waals surface area contributed by atoms with E-state index in [4.69, 9.17) is 4.74 Å². The Morgan fingerprint density at radius 2 is 1.55 bits per heavy atom. The first kappa shape index (κ1) is 16.3. The summed E-state index contributed by atoms with van der Waals surface area (Å²) in [6.45, 7) is 9.10. The number of nitrogens with one attached hydrogen (secondary N) is 1. The van der Waals surface area contributed by atoms with Crippen LogP contribution in [0.3, 0.4) is 0 Å². The Morgan fingerprint density at radius 1 is 0.900 bits per heavy atom. The maximum Gasteiger partial charge on any atom is 0.0594 e. The van der Waals surface area contributed by atoms with Crippen LogP contribution in [0.1, 0.15) is 78.6 Å². The van der Waals surface area contributed by atoms with Crippen LogP contribution in [0, 0.1) is 11.3 Å². The van der Waals surface area contributed by atoms with Crippen molar-refractivity contribution in [2.45, 2.75) is 90.7 Å². The van der Waals surface area contributed by atoms with Gasteiger partial charge in [0.1, 0.15) is 0 Å². The molecular weight excluding hydrogens is 246 g/mol. The first-order valence-corrected chi connectivity index (χ1v) is 8.90. The van der Waals surface area contributed by atoms with Gasteiger partial charge in [-0.15, -0.1) is 0 Å². The van der Waals surface area contributed by atoms with E-state index in [1.807, 2.05) is 0 Å². The lowest BCUT2D eigenvalue weighted by Gasteiger charge is -2.37. The minimum Gasteiger partial charge on any atom is -0.377 e. The van der Waals surface area contributed by atoms with Crippen molar-refractivity contribution in [2.24, 2.45) is 11.3 Å². The van der Waals surface area contributed by atoms with Crippen LogP contribution in [0.25, 0.3) is 0 Å². The van der Waals surface area contributed by atoms with E-state index in [1.54, 1.807) is 0 Å². The van der Waals surface area contributed by atoms with Crippen molar-refractivity contribution >= 4 is 0 Å². The van der Waals surface area contributed by atoms with Crippen molar-refractivity contribution in [3.05, 3.63) is 0 Å². The van der Waals surface area contributed by atoms with Gasteiger partial charge in [-0.1, -0.05) is 40.0 Å². The fraction of sp³-hybridized carbons (Fsp3) is 1.00. The summed E-state index contributed by atoms with van der Waals surface area (Å²) in [5.41, 5.74) is 0.480. The van der Waals surface area contributed by atoms with Crippen LogP contribution in [0.15, 0.2) is 0 Å². The molecule has 2 aliphatic carbocycles. The third kappa shape index (κ3) is 5.37. The van der Waals surface area contributed by atoms with E-state index < -0.39 is 0 Å². The molecule has 2 nitrogen and oxygen atoms in total. The molecule has 2 rings (SSSR count). The fourth-order valence-corrected chi connectivity index (χ4v) is 3.89. The number of hydrogen-bond acceptors (Lipinski definition) is 2. The van der Waals surface area contributed by atoms with Gasteiger partial charge in [-0.3, -0.25) is 0 Å². The summed E-state index contributed by atoms with van der Waals surface area (Å²) in [5.74, 6) is 0.891. The van der Waals surface area contributed by atoms with Gasteiger partial charge >= 0.3 is 0 Å². The minimum atomic E-state index is 0.480. The van der Waals surface area contributed by atoms with Crippen LogP contribution < -0.4 is 5.32 Å². The third-order valence-corrected chi connectivity index (χ3v) is 5.39. The molecule has 0 aromatic heterocycles. The molecule has 0 unspecified atom stereocenters. The Bertz CT molecular complexity index is 257. The van der Waals surface area contributed by atoms with Gasteiger partial charge in [-0.2, -0.15) is 0 Å². The highest BCUT2D eigenvalue weighted by Crippen LogP contribution is 2.38. The second-order valence-corrected chi connectivity index (χ2v) is 8.00. The molecular formula is C18H35NO. The Kier molecular flexibility index (Phi) is 6.35. The Balaban J connectivity index is 1.53. The SMILES string of the molecule is CC(C)(C)C1CCC(OCCNC2CCCCC2)CC1. The number of rotatable bonds is 5. The third-order valence-electron chi connectivity index (χ3n) is 5.39. The van der Waals surface area contributed by atoms with Crippen LogP contribution in [0.5, 0.6) is 0 Å². The standard InChI is InChI=1S/C18H35NO/c1-18(2,3)15-9-11-17(12-10-15)20-14-13-19-16-7-5-4-6-8-16/h15-17,19H,4-14H2,1-3H3. The van der Waals surface area contributed by atoms with Crippen LogP contribution in [-0.2, 0) is 4.74 Å². The van der Waals surface area contributed by atoms with Crippen LogP contribution in [0.2, 0.25) is 0 Å². The van der Waals surface area contributed by atoms with Crippen molar-refractivity contribution < 1.29 is 4.74 Å². The molecule has 0 saturated heterocycles. The van der Waals surface area contributed by atoms with E-state index in [9.17, 15) is 0 Å². The zero-order chi connectivity index (χ0) is 14.4. The highest BCUT2D eigenvalue weighted by molar-refractivity contribution is 4.81. The topological polar surface area (TPSA) is 21.3 Å². The zero-order valence-electron chi connectivity index (χ0n) is 13.9. The molecule has 0 radical (unpaired) electrons. The molecule has 0 aromatic rings. The molecule has 0 heterocycles. The molecule has 1 N–H and O–H groups in total. The van der Waals surface area contributed by atoms with E-state index in [-0.39, 0.29) is 0 Å². The van der Waals surface area contributed by atoms with Crippen LogP contribution >= 0.6 is 0 Å². The summed E-state index contributed by atoms with van der Waals surface area (Å²) in [7, 11) is 0. The van der Waals surface area contributed by atoms with Gasteiger partial charge < -0.3 is 10.1 Å². The van der Waals surface area contributed by atoms with Gasteiger partial charge in [0, 0.05) is 12.6 Å². The van der Waals surface area contributed by atoms with Gasteiger partial charge in [-0.25, -0.2) is 0 Å². The van der Waals surface area contributed by atoms with Crippen molar-refractivity contribution in [1.82, 2.24) is 5.32 Å². The highest BCUT2D eigenvalue weighted by atomic mass is 16.5. The second-order valence-electron chi connectivity index (χ2n) is 8.00. The Labute approximate surface area is 126 Å². The smallest absolute Gasteiger partial charge is 0.0594 e. The van der Waals surface area contributed by atoms with E-state index in [0.29, 0.717) is 11.5 Å². The molecule has 0 atom stereocenters. The van der Waals surface area contributed by atoms with Crippen molar-refractivity contribution in [2.75, 3.05) is 13.2 Å². The Morgan fingerprint density at radius 3 is 2.15 bits per heavy atom. The monoisotopic (exact) mass is 281 g/mol. The van der Waals surface area contributed by atoms with E-state index in [0.717, 1.165) is 25.1 Å². The number of ether oxygens (including phenoxy) is 1. The fourth-order valence-electron chi connectivity index (χ4n) is 3.89. The van der Waals surface area contributed by atoms with Gasteiger partial charge in [-0.05, 0) is 49.9 Å². The molecule has 0 spiro atoms. The van der Waals surface area contributed by atoms with Crippen LogP contribution in [0.4, 0.5) is 0 Å². The summed E-state index contributed by atoms with van der Waals surface area (Å²) in [4.78, 5) is 0. The first-order valence-electron chi connectivity index (χ1n) is 8.90. The predicted octanol–water partition coefficient (Wildman–Crippen LogP) is 4.53. The summed E-state index contributed by atoms with van der Waals surface area (Å²) in [6, 6.07) is 0.768. The van der Waals surface area contributed by atoms with Gasteiger partial charge in [0.15, 0.2) is 0 Å². The average Bonchev–Trinajstić information content (AvgIpc) is 2.44. The largest absolute Gasteiger partial charge is 0.377 e. The molecule has 2 saturated carbocycles. The van der Waals surface area contributed by atoms with Crippen molar-refractivity contribution in [3.8, 4) is 0 Å². The molecule has 0 bridgehead atoms. The molecule has 2 fully saturated rings. The summed E-state index contributed by atoms with van der Waals surface area (Å²) in [5, 5.41) is 3.67. The van der Waals surface area contributed by atoms with E-state index in [2.05, 4.69) is 26.1 Å². The van der Waals surface area contributed by atoms with E-state index in [1.165, 1.54) is 57.8 Å². The minimum absolute atomic E-state index is 0.480. The maximum absolute atomic E-state index is 6.07. The van der Waals surface area contributed by atoms with Crippen molar-refractivity contribution in [3.63, 3.8) is 0 Å². The van der Waals surface area contributed by atoms with Crippen LogP contribution in [-0.4, -0.2) is 25.3 Å². The lowest BCUT2D eigenvalue weighted by Crippen LogP contribution is -2.35. The first-order chi connectivity index (χ1) is 9.55. The average molecular weight is 281 g/mol. The maximum atomic E-state index is 6.07. The molecule has 20 heavy (non-hydrogen) atoms. The quantitative estimate of drug-likeness (QED) is 0.748. The lowest BCUT2D eigenvalue weighted by atomic mass is 9.72. The molecule has 0 aromatic carbocycles. The summed E-state index contributed by atoms with van der Waals surface area (Å²) < 4.78 is 6.07. The molecule has 2 aliphatic rings. The predicted molar refractivity (Wildman–Crippen MR) is 86.0 cm³/mol. The molecule has 0 aliphatic heterocycles. The van der Waals surface area contributed by atoms with Gasteiger partial charge in [0.2, 0.25) is 0 Å². The molecule has 2 heteroatoms. The summed E-state index contributed by atoms with van der Waals surface area (Å²) in [6.07, 6.45) is 12.8. The normalized spacial score (nSPS) is 29.6. The highest BCUT2D eigenvalue weighted by Gasteiger charge is 2.29. The second kappa shape index (κ2) is 7.79. The molecule has 118 valence electrons. The Hall–Kier alpha value is -0.0800. The molecule has 0 amide bonds. The van der Waals surface area contributed by atoms with Gasteiger partial charge in [0.25, 0.3) is 0 Å². The lowest BCUT2D eigenvalue weighted by molar-refractivity contribution is 0.00442. The zero-order valence-corrected chi connectivity index (χ0v) is 13.9. The van der Waals surface area contributed by atoms with E-state index >= 15 is 0 Å². The number of hydrogen-bond donors (Lipinski definition) is 1. The summed E-state index contributed by atoms with van der Waals surface area (Å²) >= 11 is 0. The van der Waals surface area contributed by atoms with Crippen molar-refractivity contribution in [1.29, 1.82) is 0 Å². The van der Waals surface area contributed by atoms with Gasteiger partial charge in [0.05, 0.1) is 12.7 Å².